The number of ketones is 1. The fraction of sp³-hybridized carbons (Fsp3) is 0.167. The molecule has 0 bridgehead atoms. The molecule has 0 unspecified atom stereocenters. The van der Waals surface area contributed by atoms with E-state index in [0.717, 1.165) is 0 Å². The van der Waals surface area contributed by atoms with Gasteiger partial charge in [0.25, 0.3) is 5.78 Å². The van der Waals surface area contributed by atoms with E-state index in [2.05, 4.69) is 4.74 Å². The van der Waals surface area contributed by atoms with Gasteiger partial charge in [-0.05, 0) is 25.1 Å². The Balaban J connectivity index is 2.45. The number of hydrogen-bond donors (Lipinski definition) is 0. The van der Waals surface area contributed by atoms with E-state index in [-0.39, 0.29) is 17.6 Å². The highest BCUT2D eigenvalue weighted by Gasteiger charge is 2.22. The molecule has 0 atom stereocenters. The Morgan fingerprint density at radius 3 is 2.82 bits per heavy atom. The molecule has 88 valence electrons. The van der Waals surface area contributed by atoms with Crippen LogP contribution in [0.2, 0.25) is 0 Å². The molecule has 1 aromatic heterocycles. The average Bonchev–Trinajstić information content (AvgIpc) is 2.78. The van der Waals surface area contributed by atoms with Crippen LogP contribution < -0.4 is 0 Å². The van der Waals surface area contributed by atoms with Gasteiger partial charge < -0.3 is 9.15 Å². The summed E-state index contributed by atoms with van der Waals surface area (Å²) in [6.07, 6.45) is 1.31. The Labute approximate surface area is 96.0 Å². The van der Waals surface area contributed by atoms with Crippen molar-refractivity contribution in [2.75, 3.05) is 6.61 Å². The molecule has 0 spiro atoms. The molecular formula is C12H9FO4. The van der Waals surface area contributed by atoms with Gasteiger partial charge in [-0.25, -0.2) is 9.18 Å². The number of Topliss-reactive ketones (excluding diaryl/α,β-unsaturated/α-hetero) is 1. The number of furan rings is 1. The molecule has 4 nitrogen and oxygen atoms in total. The standard InChI is InChI=1S/C12H9FO4/c1-2-16-12(15)11(14)8-3-4-9-7(10(8)13)5-6-17-9/h3-6H,2H2,1H3. The summed E-state index contributed by atoms with van der Waals surface area (Å²) in [6.45, 7) is 1.64. The zero-order chi connectivity index (χ0) is 12.4. The van der Waals surface area contributed by atoms with Gasteiger partial charge in [-0.15, -0.1) is 0 Å². The topological polar surface area (TPSA) is 56.5 Å². The Morgan fingerprint density at radius 1 is 1.35 bits per heavy atom. The van der Waals surface area contributed by atoms with Gasteiger partial charge in [-0.2, -0.15) is 0 Å². The second-order valence-corrected chi connectivity index (χ2v) is 3.31. The minimum atomic E-state index is -1.06. The first kappa shape index (κ1) is 11.3. The predicted octanol–water partition coefficient (Wildman–Crippen LogP) is 2.32. The number of benzene rings is 1. The molecule has 0 aliphatic heterocycles. The molecule has 0 radical (unpaired) electrons. The largest absolute Gasteiger partial charge is 0.464 e. The molecule has 0 fully saturated rings. The van der Waals surface area contributed by atoms with Crippen LogP contribution in [0, 0.1) is 5.82 Å². The van der Waals surface area contributed by atoms with Crippen molar-refractivity contribution in [2.45, 2.75) is 6.92 Å². The SMILES string of the molecule is CCOC(=O)C(=O)c1ccc2occc2c1F. The minimum Gasteiger partial charge on any atom is -0.464 e. The van der Waals surface area contributed by atoms with Gasteiger partial charge in [-0.3, -0.25) is 4.79 Å². The molecule has 0 amide bonds. The molecule has 1 aromatic carbocycles. The molecular weight excluding hydrogens is 227 g/mol. The van der Waals surface area contributed by atoms with Crippen LogP contribution in [-0.4, -0.2) is 18.4 Å². The number of hydrogen-bond acceptors (Lipinski definition) is 4. The first-order valence-electron chi connectivity index (χ1n) is 5.02. The second kappa shape index (κ2) is 4.37. The van der Waals surface area contributed by atoms with E-state index < -0.39 is 17.6 Å². The van der Waals surface area contributed by atoms with Gasteiger partial charge in [0.2, 0.25) is 0 Å². The van der Waals surface area contributed by atoms with E-state index in [1.165, 1.54) is 24.5 Å². The number of carbonyl (C=O) groups excluding carboxylic acids is 2. The number of ether oxygens (including phenoxy) is 1. The van der Waals surface area contributed by atoms with E-state index >= 15 is 0 Å². The molecule has 0 N–H and O–H groups in total. The van der Waals surface area contributed by atoms with Crippen LogP contribution in [0.4, 0.5) is 4.39 Å². The Morgan fingerprint density at radius 2 is 2.12 bits per heavy atom. The normalized spacial score (nSPS) is 10.5. The third kappa shape index (κ3) is 1.91. The van der Waals surface area contributed by atoms with Gasteiger partial charge in [0.15, 0.2) is 0 Å². The van der Waals surface area contributed by atoms with Gasteiger partial charge in [0, 0.05) is 0 Å². The molecule has 17 heavy (non-hydrogen) atoms. The molecule has 0 saturated heterocycles. The van der Waals surface area contributed by atoms with Crippen molar-refractivity contribution in [1.29, 1.82) is 0 Å². The molecule has 2 rings (SSSR count). The van der Waals surface area contributed by atoms with Crippen LogP contribution in [0.15, 0.2) is 28.9 Å². The van der Waals surface area contributed by atoms with Gasteiger partial charge in [0.05, 0.1) is 23.8 Å². The van der Waals surface area contributed by atoms with Crippen molar-refractivity contribution in [1.82, 2.24) is 0 Å². The summed E-state index contributed by atoms with van der Waals surface area (Å²) in [7, 11) is 0. The van der Waals surface area contributed by atoms with Crippen LogP contribution in [-0.2, 0) is 9.53 Å². The zero-order valence-electron chi connectivity index (χ0n) is 9.03. The van der Waals surface area contributed by atoms with Crippen LogP contribution in [0.5, 0.6) is 0 Å². The second-order valence-electron chi connectivity index (χ2n) is 3.31. The summed E-state index contributed by atoms with van der Waals surface area (Å²) in [5, 5.41) is 0.167. The summed E-state index contributed by atoms with van der Waals surface area (Å²) < 4.78 is 23.4. The quantitative estimate of drug-likeness (QED) is 0.466. The van der Waals surface area contributed by atoms with Crippen molar-refractivity contribution in [3.63, 3.8) is 0 Å². The monoisotopic (exact) mass is 236 g/mol. The first-order chi connectivity index (χ1) is 8.15. The van der Waals surface area contributed by atoms with E-state index in [0.29, 0.717) is 5.58 Å². The minimum absolute atomic E-state index is 0.0696. The van der Waals surface area contributed by atoms with Crippen LogP contribution >= 0.6 is 0 Å². The van der Waals surface area contributed by atoms with Crippen molar-refractivity contribution in [3.8, 4) is 0 Å². The van der Waals surface area contributed by atoms with Crippen molar-refractivity contribution >= 4 is 22.7 Å². The smallest absolute Gasteiger partial charge is 0.379 e. The van der Waals surface area contributed by atoms with Crippen LogP contribution in [0.3, 0.4) is 0 Å². The molecule has 0 aliphatic rings. The third-order valence-electron chi connectivity index (χ3n) is 2.27. The Bertz CT molecular complexity index is 585. The van der Waals surface area contributed by atoms with Crippen LogP contribution in [0.1, 0.15) is 17.3 Å². The van der Waals surface area contributed by atoms with Crippen LogP contribution in [0.25, 0.3) is 11.0 Å². The predicted molar refractivity (Wildman–Crippen MR) is 57.1 cm³/mol. The van der Waals surface area contributed by atoms with Crippen molar-refractivity contribution < 1.29 is 23.1 Å². The lowest BCUT2D eigenvalue weighted by Gasteiger charge is -2.02. The molecule has 1 heterocycles. The van der Waals surface area contributed by atoms with Crippen molar-refractivity contribution in [2.24, 2.45) is 0 Å². The lowest BCUT2D eigenvalue weighted by molar-refractivity contribution is -0.137. The molecule has 5 heteroatoms. The highest BCUT2D eigenvalue weighted by molar-refractivity contribution is 6.41. The highest BCUT2D eigenvalue weighted by Crippen LogP contribution is 2.22. The number of carbonyl (C=O) groups is 2. The maximum absolute atomic E-state index is 13.9. The van der Waals surface area contributed by atoms with E-state index in [9.17, 15) is 14.0 Å². The molecule has 2 aromatic rings. The maximum Gasteiger partial charge on any atom is 0.379 e. The first-order valence-corrected chi connectivity index (χ1v) is 5.02. The Kier molecular flexibility index (Phi) is 2.91. The van der Waals surface area contributed by atoms with E-state index in [4.69, 9.17) is 4.42 Å². The van der Waals surface area contributed by atoms with Crippen molar-refractivity contribution in [3.05, 3.63) is 35.8 Å². The summed E-state index contributed by atoms with van der Waals surface area (Å²) in [5.74, 6) is -2.82. The molecule has 0 saturated carbocycles. The van der Waals surface area contributed by atoms with E-state index in [1.807, 2.05) is 0 Å². The molecule has 0 aliphatic carbocycles. The van der Waals surface area contributed by atoms with Gasteiger partial charge >= 0.3 is 5.97 Å². The number of halogens is 1. The fourth-order valence-electron chi connectivity index (χ4n) is 1.49. The zero-order valence-corrected chi connectivity index (χ0v) is 9.03. The Hall–Kier alpha value is -2.17. The summed E-state index contributed by atoms with van der Waals surface area (Å²) in [4.78, 5) is 22.8. The summed E-state index contributed by atoms with van der Waals surface area (Å²) >= 11 is 0. The van der Waals surface area contributed by atoms with E-state index in [1.54, 1.807) is 6.92 Å². The average molecular weight is 236 g/mol. The van der Waals surface area contributed by atoms with Gasteiger partial charge in [-0.1, -0.05) is 0 Å². The highest BCUT2D eigenvalue weighted by atomic mass is 19.1. The van der Waals surface area contributed by atoms with Gasteiger partial charge in [0.1, 0.15) is 11.4 Å². The lowest BCUT2D eigenvalue weighted by Crippen LogP contribution is -2.18. The number of fused-ring (bicyclic) bond motifs is 1. The maximum atomic E-state index is 13.9. The fourth-order valence-corrected chi connectivity index (χ4v) is 1.49. The summed E-state index contributed by atoms with van der Waals surface area (Å²) in [5.41, 5.74) is 0.0141. The third-order valence-corrected chi connectivity index (χ3v) is 2.27. The lowest BCUT2D eigenvalue weighted by atomic mass is 10.1. The summed E-state index contributed by atoms with van der Waals surface area (Å²) in [6, 6.07) is 4.04. The number of rotatable bonds is 3. The number of esters is 1.